The molecule has 120 valence electrons. The van der Waals surface area contributed by atoms with Crippen LogP contribution in [0.25, 0.3) is 0 Å². The van der Waals surface area contributed by atoms with Crippen LogP contribution in [-0.4, -0.2) is 22.6 Å². The molecule has 4 heteroatoms. The highest BCUT2D eigenvalue weighted by Crippen LogP contribution is 2.24. The lowest BCUT2D eigenvalue weighted by atomic mass is 10.0. The zero-order valence-electron chi connectivity index (χ0n) is 14.7. The van der Waals surface area contributed by atoms with Crippen molar-refractivity contribution in [3.63, 3.8) is 0 Å². The summed E-state index contributed by atoms with van der Waals surface area (Å²) in [5.74, 6) is 3.88. The molecule has 0 aromatic carbocycles. The molecule has 0 aliphatic carbocycles. The number of hydrogen-bond donors (Lipinski definition) is 2. The van der Waals surface area contributed by atoms with Gasteiger partial charge in [-0.3, -0.25) is 0 Å². The van der Waals surface area contributed by atoms with Crippen LogP contribution in [0.15, 0.2) is 0 Å². The van der Waals surface area contributed by atoms with E-state index in [4.69, 9.17) is 4.98 Å². The third-order valence-electron chi connectivity index (χ3n) is 3.86. The molecule has 1 aromatic rings. The number of nitrogens with one attached hydrogen (secondary N) is 2. The smallest absolute Gasteiger partial charge is 0.135 e. The first-order valence-corrected chi connectivity index (χ1v) is 8.27. The second kappa shape index (κ2) is 8.20. The average molecular weight is 292 g/mol. The van der Waals surface area contributed by atoms with E-state index in [1.54, 1.807) is 0 Å². The van der Waals surface area contributed by atoms with Crippen LogP contribution in [0.2, 0.25) is 0 Å². The lowest BCUT2D eigenvalue weighted by Gasteiger charge is -2.21. The van der Waals surface area contributed by atoms with Crippen LogP contribution in [0.5, 0.6) is 0 Å². The second-order valence-corrected chi connectivity index (χ2v) is 6.38. The number of hydrogen-bond acceptors (Lipinski definition) is 4. The van der Waals surface area contributed by atoms with E-state index in [2.05, 4.69) is 64.1 Å². The fourth-order valence-corrected chi connectivity index (χ4v) is 2.33. The van der Waals surface area contributed by atoms with Crippen molar-refractivity contribution in [3.05, 3.63) is 11.4 Å². The highest BCUT2D eigenvalue weighted by Gasteiger charge is 2.15. The van der Waals surface area contributed by atoms with E-state index in [0.717, 1.165) is 41.9 Å². The Bertz CT molecular complexity index is 443. The Balaban J connectivity index is 2.98. The van der Waals surface area contributed by atoms with Gasteiger partial charge in [-0.25, -0.2) is 9.97 Å². The van der Waals surface area contributed by atoms with Crippen molar-refractivity contribution < 1.29 is 0 Å². The molecule has 0 fully saturated rings. The average Bonchev–Trinajstić information content (AvgIpc) is 2.42. The van der Waals surface area contributed by atoms with Gasteiger partial charge in [-0.2, -0.15) is 0 Å². The van der Waals surface area contributed by atoms with E-state index in [1.165, 1.54) is 6.42 Å². The Hall–Kier alpha value is -1.32. The highest BCUT2D eigenvalue weighted by atomic mass is 15.1. The molecule has 1 heterocycles. The standard InChI is InChI=1S/C17H32N4/c1-8-12(5)10-13(6)19-17-14(7)16(18-9-2)20-15(21-17)11(3)4/h11-13H,8-10H2,1-7H3,(H2,18,19,20,21). The zero-order chi connectivity index (χ0) is 16.0. The SMILES string of the molecule is CCNc1nc(C(C)C)nc(NC(C)CC(C)CC)c1C. The van der Waals surface area contributed by atoms with E-state index < -0.39 is 0 Å². The van der Waals surface area contributed by atoms with Crippen molar-refractivity contribution >= 4 is 11.6 Å². The number of anilines is 2. The molecular weight excluding hydrogens is 260 g/mol. The first kappa shape index (κ1) is 17.7. The van der Waals surface area contributed by atoms with Gasteiger partial charge in [0.1, 0.15) is 17.5 Å². The van der Waals surface area contributed by atoms with Gasteiger partial charge in [0.2, 0.25) is 0 Å². The van der Waals surface area contributed by atoms with Crippen LogP contribution in [0.3, 0.4) is 0 Å². The van der Waals surface area contributed by atoms with E-state index in [0.29, 0.717) is 12.0 Å². The van der Waals surface area contributed by atoms with Crippen molar-refractivity contribution in [1.82, 2.24) is 9.97 Å². The molecule has 4 nitrogen and oxygen atoms in total. The van der Waals surface area contributed by atoms with Gasteiger partial charge < -0.3 is 10.6 Å². The van der Waals surface area contributed by atoms with Crippen LogP contribution in [0.1, 0.15) is 71.7 Å². The molecule has 2 atom stereocenters. The summed E-state index contributed by atoms with van der Waals surface area (Å²) in [6.45, 7) is 16.1. The van der Waals surface area contributed by atoms with Crippen LogP contribution in [-0.2, 0) is 0 Å². The van der Waals surface area contributed by atoms with Crippen LogP contribution < -0.4 is 10.6 Å². The molecule has 2 N–H and O–H groups in total. The Kier molecular flexibility index (Phi) is 6.93. The van der Waals surface area contributed by atoms with Gasteiger partial charge in [-0.15, -0.1) is 0 Å². The summed E-state index contributed by atoms with van der Waals surface area (Å²) in [7, 11) is 0. The Morgan fingerprint density at radius 3 is 2.14 bits per heavy atom. The largest absolute Gasteiger partial charge is 0.370 e. The maximum Gasteiger partial charge on any atom is 0.135 e. The van der Waals surface area contributed by atoms with Gasteiger partial charge in [0, 0.05) is 24.1 Å². The van der Waals surface area contributed by atoms with Crippen LogP contribution >= 0.6 is 0 Å². The molecule has 0 saturated heterocycles. The Labute approximate surface area is 130 Å². The van der Waals surface area contributed by atoms with E-state index in [1.807, 2.05) is 0 Å². The normalized spacial score (nSPS) is 14.1. The first-order valence-electron chi connectivity index (χ1n) is 8.27. The van der Waals surface area contributed by atoms with Gasteiger partial charge in [-0.1, -0.05) is 34.1 Å². The molecule has 2 unspecified atom stereocenters. The highest BCUT2D eigenvalue weighted by molar-refractivity contribution is 5.57. The Morgan fingerprint density at radius 2 is 1.62 bits per heavy atom. The summed E-state index contributed by atoms with van der Waals surface area (Å²) in [5, 5.41) is 6.92. The van der Waals surface area contributed by atoms with Gasteiger partial charge in [0.05, 0.1) is 0 Å². The molecule has 21 heavy (non-hydrogen) atoms. The van der Waals surface area contributed by atoms with Gasteiger partial charge >= 0.3 is 0 Å². The summed E-state index contributed by atoms with van der Waals surface area (Å²) < 4.78 is 0. The van der Waals surface area contributed by atoms with E-state index in [-0.39, 0.29) is 0 Å². The lowest BCUT2D eigenvalue weighted by Crippen LogP contribution is -2.21. The molecule has 0 saturated carbocycles. The molecule has 1 rings (SSSR count). The molecule has 0 amide bonds. The summed E-state index contributed by atoms with van der Waals surface area (Å²) in [5.41, 5.74) is 1.11. The van der Waals surface area contributed by atoms with Gasteiger partial charge in [-0.05, 0) is 33.1 Å². The maximum atomic E-state index is 4.73. The summed E-state index contributed by atoms with van der Waals surface area (Å²) >= 11 is 0. The van der Waals surface area contributed by atoms with Gasteiger partial charge in [0.15, 0.2) is 0 Å². The van der Waals surface area contributed by atoms with Crippen LogP contribution in [0.4, 0.5) is 11.6 Å². The van der Waals surface area contributed by atoms with Gasteiger partial charge in [0.25, 0.3) is 0 Å². The van der Waals surface area contributed by atoms with Crippen molar-refractivity contribution in [3.8, 4) is 0 Å². The van der Waals surface area contributed by atoms with Crippen molar-refractivity contribution in [1.29, 1.82) is 0 Å². The monoisotopic (exact) mass is 292 g/mol. The number of aromatic nitrogens is 2. The zero-order valence-corrected chi connectivity index (χ0v) is 14.7. The topological polar surface area (TPSA) is 49.8 Å². The predicted octanol–water partition coefficient (Wildman–Crippen LogP) is 4.58. The molecule has 0 bridgehead atoms. The number of rotatable bonds is 8. The molecule has 0 aliphatic rings. The molecule has 1 aromatic heterocycles. The maximum absolute atomic E-state index is 4.73. The summed E-state index contributed by atoms with van der Waals surface area (Å²) in [6.07, 6.45) is 2.38. The Morgan fingerprint density at radius 1 is 1.00 bits per heavy atom. The van der Waals surface area contributed by atoms with Crippen molar-refractivity contribution in [2.45, 2.75) is 73.3 Å². The number of nitrogens with zero attached hydrogens (tertiary/aromatic N) is 2. The fraction of sp³-hybridized carbons (Fsp3) is 0.765. The van der Waals surface area contributed by atoms with Crippen LogP contribution in [0, 0.1) is 12.8 Å². The summed E-state index contributed by atoms with van der Waals surface area (Å²) in [6, 6.07) is 0.419. The molecular formula is C17H32N4. The second-order valence-electron chi connectivity index (χ2n) is 6.38. The van der Waals surface area contributed by atoms with E-state index in [9.17, 15) is 0 Å². The molecule has 0 spiro atoms. The predicted molar refractivity (Wildman–Crippen MR) is 92.2 cm³/mol. The minimum absolute atomic E-state index is 0.327. The van der Waals surface area contributed by atoms with Crippen molar-refractivity contribution in [2.75, 3.05) is 17.2 Å². The third-order valence-corrected chi connectivity index (χ3v) is 3.86. The van der Waals surface area contributed by atoms with Crippen molar-refractivity contribution in [2.24, 2.45) is 5.92 Å². The minimum atomic E-state index is 0.327. The quantitative estimate of drug-likeness (QED) is 0.736. The minimum Gasteiger partial charge on any atom is -0.370 e. The molecule has 0 aliphatic heterocycles. The van der Waals surface area contributed by atoms with E-state index >= 15 is 0 Å². The fourth-order valence-electron chi connectivity index (χ4n) is 2.33. The lowest BCUT2D eigenvalue weighted by molar-refractivity contribution is 0.483. The third kappa shape index (κ3) is 5.18. The molecule has 0 radical (unpaired) electrons. The summed E-state index contributed by atoms with van der Waals surface area (Å²) in [4.78, 5) is 9.37. The first-order chi connectivity index (χ1) is 9.88.